The molecule has 1 aromatic heterocycles. The molecule has 1 rings (SSSR count). The quantitative estimate of drug-likeness (QED) is 0.736. The second-order valence-corrected chi connectivity index (χ2v) is 2.91. The van der Waals surface area contributed by atoms with Gasteiger partial charge in [-0.1, -0.05) is 0 Å². The lowest BCUT2D eigenvalue weighted by molar-refractivity contribution is 0.190. The van der Waals surface area contributed by atoms with Gasteiger partial charge >= 0.3 is 6.09 Å². The minimum Gasteiger partial charge on any atom is -0.465 e. The van der Waals surface area contributed by atoms with Crippen molar-refractivity contribution in [3.8, 4) is 0 Å². The van der Waals surface area contributed by atoms with Crippen molar-refractivity contribution in [1.29, 1.82) is 0 Å². The van der Waals surface area contributed by atoms with Crippen molar-refractivity contribution < 1.29 is 9.90 Å². The first-order valence-electron chi connectivity index (χ1n) is 4.07. The van der Waals surface area contributed by atoms with E-state index in [-0.39, 0.29) is 6.04 Å². The van der Waals surface area contributed by atoms with Gasteiger partial charge in [0.15, 0.2) is 0 Å². The Hall–Kier alpha value is -1.58. The first-order valence-corrected chi connectivity index (χ1v) is 4.07. The molecule has 70 valence electrons. The van der Waals surface area contributed by atoms with Crippen molar-refractivity contribution in [2.45, 2.75) is 19.4 Å². The summed E-state index contributed by atoms with van der Waals surface area (Å²) in [6.45, 7) is 1.83. The molecule has 2 N–H and O–H groups in total. The van der Waals surface area contributed by atoms with Crippen LogP contribution in [-0.4, -0.2) is 22.2 Å². The fraction of sp³-hybridized carbons (Fsp3) is 0.333. The van der Waals surface area contributed by atoms with Crippen LogP contribution in [0.3, 0.4) is 0 Å². The number of nitrogens with one attached hydrogen (secondary N) is 1. The molecule has 4 nitrogen and oxygen atoms in total. The van der Waals surface area contributed by atoms with Crippen LogP contribution in [0, 0.1) is 0 Å². The molecule has 0 aliphatic carbocycles. The Morgan fingerprint density at radius 1 is 1.62 bits per heavy atom. The van der Waals surface area contributed by atoms with E-state index < -0.39 is 6.09 Å². The number of nitrogens with zero attached hydrogens (tertiary/aromatic N) is 1. The van der Waals surface area contributed by atoms with E-state index in [4.69, 9.17) is 5.11 Å². The molecule has 0 fully saturated rings. The van der Waals surface area contributed by atoms with Crippen LogP contribution in [0.1, 0.15) is 12.5 Å². The van der Waals surface area contributed by atoms with Crippen LogP contribution < -0.4 is 5.32 Å². The molecule has 0 saturated carbocycles. The Labute approximate surface area is 76.6 Å². The van der Waals surface area contributed by atoms with Crippen LogP contribution in [0.2, 0.25) is 0 Å². The van der Waals surface area contributed by atoms with Gasteiger partial charge in [0, 0.05) is 18.4 Å². The van der Waals surface area contributed by atoms with E-state index in [1.807, 2.05) is 19.1 Å². The molecule has 0 radical (unpaired) electrons. The highest BCUT2D eigenvalue weighted by Gasteiger charge is 2.05. The van der Waals surface area contributed by atoms with Gasteiger partial charge in [0.2, 0.25) is 0 Å². The highest BCUT2D eigenvalue weighted by atomic mass is 16.4. The summed E-state index contributed by atoms with van der Waals surface area (Å²) in [5.74, 6) is 0. The van der Waals surface area contributed by atoms with Crippen LogP contribution in [-0.2, 0) is 6.42 Å². The second-order valence-electron chi connectivity index (χ2n) is 2.91. The van der Waals surface area contributed by atoms with E-state index in [1.54, 1.807) is 12.4 Å². The molecule has 0 saturated heterocycles. The molecule has 0 aliphatic heterocycles. The van der Waals surface area contributed by atoms with E-state index in [0.29, 0.717) is 6.42 Å². The van der Waals surface area contributed by atoms with Crippen LogP contribution in [0.15, 0.2) is 24.5 Å². The van der Waals surface area contributed by atoms with Crippen molar-refractivity contribution in [3.63, 3.8) is 0 Å². The summed E-state index contributed by atoms with van der Waals surface area (Å²) >= 11 is 0. The van der Waals surface area contributed by atoms with Crippen molar-refractivity contribution >= 4 is 6.09 Å². The van der Waals surface area contributed by atoms with Gasteiger partial charge in [-0.3, -0.25) is 4.98 Å². The zero-order valence-corrected chi connectivity index (χ0v) is 7.40. The molecule has 0 bridgehead atoms. The maximum atomic E-state index is 10.3. The number of pyridine rings is 1. The first-order chi connectivity index (χ1) is 6.18. The summed E-state index contributed by atoms with van der Waals surface area (Å²) in [5.41, 5.74) is 1.08. The Balaban J connectivity index is 2.45. The summed E-state index contributed by atoms with van der Waals surface area (Å²) in [4.78, 5) is 14.2. The van der Waals surface area contributed by atoms with E-state index in [0.717, 1.165) is 5.56 Å². The number of carboxylic acid groups (broad SMARTS) is 1. The summed E-state index contributed by atoms with van der Waals surface area (Å²) in [5, 5.41) is 10.8. The first kappa shape index (κ1) is 9.51. The van der Waals surface area contributed by atoms with Gasteiger partial charge in [0.1, 0.15) is 0 Å². The third kappa shape index (κ3) is 3.55. The number of hydrogen-bond acceptors (Lipinski definition) is 2. The second kappa shape index (κ2) is 4.45. The minimum atomic E-state index is -0.985. The highest BCUT2D eigenvalue weighted by molar-refractivity contribution is 5.64. The van der Waals surface area contributed by atoms with E-state index in [9.17, 15) is 4.79 Å². The lowest BCUT2D eigenvalue weighted by Gasteiger charge is -2.10. The average molecular weight is 180 g/mol. The predicted octanol–water partition coefficient (Wildman–Crippen LogP) is 1.28. The lowest BCUT2D eigenvalue weighted by Crippen LogP contribution is -2.32. The molecule has 0 aliphatic rings. The predicted molar refractivity (Wildman–Crippen MR) is 48.6 cm³/mol. The van der Waals surface area contributed by atoms with Gasteiger partial charge in [-0.25, -0.2) is 4.79 Å². The van der Waals surface area contributed by atoms with Gasteiger partial charge in [-0.15, -0.1) is 0 Å². The van der Waals surface area contributed by atoms with Gasteiger partial charge in [0.25, 0.3) is 0 Å². The third-order valence-corrected chi connectivity index (χ3v) is 1.66. The van der Waals surface area contributed by atoms with Gasteiger partial charge in [-0.2, -0.15) is 0 Å². The van der Waals surface area contributed by atoms with Crippen molar-refractivity contribution in [2.24, 2.45) is 0 Å². The molecular weight excluding hydrogens is 168 g/mol. The van der Waals surface area contributed by atoms with Crippen LogP contribution >= 0.6 is 0 Å². The number of hydrogen-bond donors (Lipinski definition) is 2. The zero-order valence-electron chi connectivity index (χ0n) is 7.40. The SMILES string of the molecule is CC(Cc1ccncc1)NC(=O)O. The van der Waals surface area contributed by atoms with Crippen LogP contribution in [0.4, 0.5) is 4.79 Å². The van der Waals surface area contributed by atoms with Gasteiger partial charge < -0.3 is 10.4 Å². The van der Waals surface area contributed by atoms with Crippen molar-refractivity contribution in [3.05, 3.63) is 30.1 Å². The maximum Gasteiger partial charge on any atom is 0.404 e. The standard InChI is InChI=1S/C9H12N2O2/c1-7(11-9(12)13)6-8-2-4-10-5-3-8/h2-5,7,11H,6H2,1H3,(H,12,13). The minimum absolute atomic E-state index is 0.0695. The summed E-state index contributed by atoms with van der Waals surface area (Å²) < 4.78 is 0. The monoisotopic (exact) mass is 180 g/mol. The number of rotatable bonds is 3. The van der Waals surface area contributed by atoms with Gasteiger partial charge in [0.05, 0.1) is 0 Å². The topological polar surface area (TPSA) is 62.2 Å². The van der Waals surface area contributed by atoms with Crippen molar-refractivity contribution in [2.75, 3.05) is 0 Å². The smallest absolute Gasteiger partial charge is 0.404 e. The largest absolute Gasteiger partial charge is 0.465 e. The highest BCUT2D eigenvalue weighted by Crippen LogP contribution is 2.00. The fourth-order valence-corrected chi connectivity index (χ4v) is 1.13. The molecule has 4 heteroatoms. The molecule has 0 aromatic carbocycles. The molecule has 13 heavy (non-hydrogen) atoms. The Morgan fingerprint density at radius 3 is 2.77 bits per heavy atom. The normalized spacial score (nSPS) is 12.1. The van der Waals surface area contributed by atoms with Gasteiger partial charge in [-0.05, 0) is 31.0 Å². The Morgan fingerprint density at radius 2 is 2.23 bits per heavy atom. The molecule has 1 aromatic rings. The van der Waals surface area contributed by atoms with Crippen LogP contribution in [0.25, 0.3) is 0 Å². The number of amides is 1. The van der Waals surface area contributed by atoms with Crippen LogP contribution in [0.5, 0.6) is 0 Å². The third-order valence-electron chi connectivity index (χ3n) is 1.66. The lowest BCUT2D eigenvalue weighted by atomic mass is 10.1. The van der Waals surface area contributed by atoms with Crippen molar-refractivity contribution in [1.82, 2.24) is 10.3 Å². The van der Waals surface area contributed by atoms with E-state index in [2.05, 4.69) is 10.3 Å². The molecule has 1 heterocycles. The Kier molecular flexibility index (Phi) is 3.25. The number of aromatic nitrogens is 1. The molecule has 0 spiro atoms. The summed E-state index contributed by atoms with van der Waals surface area (Å²) in [7, 11) is 0. The Bertz CT molecular complexity index is 274. The molecule has 1 amide bonds. The van der Waals surface area contributed by atoms with E-state index >= 15 is 0 Å². The molecule has 1 unspecified atom stereocenters. The summed E-state index contributed by atoms with van der Waals surface area (Å²) in [6.07, 6.45) is 3.10. The fourth-order valence-electron chi connectivity index (χ4n) is 1.13. The summed E-state index contributed by atoms with van der Waals surface area (Å²) in [6, 6.07) is 3.68. The molecule has 1 atom stereocenters. The maximum absolute atomic E-state index is 10.3. The number of carbonyl (C=O) groups is 1. The average Bonchev–Trinajstić information content (AvgIpc) is 2.04. The molecular formula is C9H12N2O2. The van der Waals surface area contributed by atoms with E-state index in [1.165, 1.54) is 0 Å². The zero-order chi connectivity index (χ0) is 9.68.